The number of nitriles is 1. The molecular weight excluding hydrogens is 282 g/mol. The molecule has 112 valence electrons. The molecule has 1 heterocycles. The molecule has 7 heteroatoms. The Bertz CT molecular complexity index is 696. The summed E-state index contributed by atoms with van der Waals surface area (Å²) in [4.78, 5) is 20.1. The van der Waals surface area contributed by atoms with Crippen molar-refractivity contribution in [2.75, 3.05) is 30.9 Å². The van der Waals surface area contributed by atoms with Gasteiger partial charge in [0.1, 0.15) is 17.8 Å². The van der Waals surface area contributed by atoms with Gasteiger partial charge in [0.25, 0.3) is 5.91 Å². The van der Waals surface area contributed by atoms with Crippen molar-refractivity contribution in [1.29, 1.82) is 5.26 Å². The van der Waals surface area contributed by atoms with Gasteiger partial charge in [0.15, 0.2) is 0 Å². The summed E-state index contributed by atoms with van der Waals surface area (Å²) < 4.78 is 4.93. The number of hydrogen-bond donors (Lipinski definition) is 2. The second-order valence-corrected chi connectivity index (χ2v) is 4.35. The summed E-state index contributed by atoms with van der Waals surface area (Å²) in [7, 11) is 1.61. The number of ether oxygens (including phenoxy) is 1. The Balaban J connectivity index is 2.05. The van der Waals surface area contributed by atoms with Crippen molar-refractivity contribution >= 4 is 17.4 Å². The van der Waals surface area contributed by atoms with Crippen LogP contribution in [0.25, 0.3) is 0 Å². The number of nitrogens with one attached hydrogen (secondary N) is 2. The second kappa shape index (κ2) is 7.71. The topological polar surface area (TPSA) is 99.9 Å². The lowest BCUT2D eigenvalue weighted by atomic mass is 10.2. The van der Waals surface area contributed by atoms with Gasteiger partial charge in [-0.15, -0.1) is 0 Å². The first kappa shape index (κ1) is 15.4. The van der Waals surface area contributed by atoms with E-state index in [1.54, 1.807) is 37.4 Å². The Kier molecular flexibility index (Phi) is 5.40. The van der Waals surface area contributed by atoms with E-state index in [4.69, 9.17) is 10.00 Å². The number of aromatic nitrogens is 2. The average molecular weight is 297 g/mol. The molecule has 0 atom stereocenters. The molecule has 2 N–H and O–H groups in total. The molecule has 0 saturated heterocycles. The van der Waals surface area contributed by atoms with Crippen LogP contribution in [0.3, 0.4) is 0 Å². The second-order valence-electron chi connectivity index (χ2n) is 4.35. The summed E-state index contributed by atoms with van der Waals surface area (Å²) in [5.41, 5.74) is 1.25. The Morgan fingerprint density at radius 1 is 1.36 bits per heavy atom. The molecule has 0 fully saturated rings. The van der Waals surface area contributed by atoms with Gasteiger partial charge in [0.05, 0.1) is 18.2 Å². The molecule has 22 heavy (non-hydrogen) atoms. The molecule has 1 aromatic heterocycles. The minimum absolute atomic E-state index is 0.234. The smallest absolute Gasteiger partial charge is 0.274 e. The van der Waals surface area contributed by atoms with Gasteiger partial charge in [-0.2, -0.15) is 5.26 Å². The number of nitrogens with zero attached hydrogens (tertiary/aromatic N) is 3. The Hall–Kier alpha value is -2.98. The van der Waals surface area contributed by atoms with Gasteiger partial charge in [-0.1, -0.05) is 6.07 Å². The van der Waals surface area contributed by atoms with Crippen LogP contribution in [0, 0.1) is 11.3 Å². The highest BCUT2D eigenvalue weighted by atomic mass is 16.5. The first-order chi connectivity index (χ1) is 10.7. The van der Waals surface area contributed by atoms with Crippen LogP contribution >= 0.6 is 0 Å². The van der Waals surface area contributed by atoms with Gasteiger partial charge < -0.3 is 15.4 Å². The van der Waals surface area contributed by atoms with Gasteiger partial charge in [-0.05, 0) is 18.2 Å². The van der Waals surface area contributed by atoms with Crippen LogP contribution in [-0.4, -0.2) is 36.1 Å². The van der Waals surface area contributed by atoms with Crippen molar-refractivity contribution in [3.05, 3.63) is 47.9 Å². The van der Waals surface area contributed by atoms with Crippen LogP contribution in [0.15, 0.2) is 36.7 Å². The zero-order valence-electron chi connectivity index (χ0n) is 12.0. The molecule has 0 spiro atoms. The zero-order chi connectivity index (χ0) is 15.8. The van der Waals surface area contributed by atoms with Crippen LogP contribution in [0.5, 0.6) is 0 Å². The lowest BCUT2D eigenvalue weighted by Gasteiger charge is -2.07. The van der Waals surface area contributed by atoms with Crippen LogP contribution in [0.4, 0.5) is 11.5 Å². The largest absolute Gasteiger partial charge is 0.383 e. The Labute approximate surface area is 128 Å². The maximum atomic E-state index is 12.2. The maximum Gasteiger partial charge on any atom is 0.274 e. The fourth-order valence-electron chi connectivity index (χ4n) is 1.72. The molecule has 1 amide bonds. The molecule has 0 aliphatic carbocycles. The molecule has 1 aromatic carbocycles. The van der Waals surface area contributed by atoms with Gasteiger partial charge in [0, 0.05) is 25.4 Å². The summed E-state index contributed by atoms with van der Waals surface area (Å²) in [6.45, 7) is 1.12. The zero-order valence-corrected chi connectivity index (χ0v) is 12.0. The molecule has 0 bridgehead atoms. The SMILES string of the molecule is COCCNc1cc(C(=O)Nc2cccc(C#N)c2)ncn1. The van der Waals surface area contributed by atoms with Crippen molar-refractivity contribution in [2.24, 2.45) is 0 Å². The van der Waals surface area contributed by atoms with E-state index in [0.717, 1.165) is 0 Å². The molecule has 7 nitrogen and oxygen atoms in total. The van der Waals surface area contributed by atoms with Crippen molar-refractivity contribution in [3.63, 3.8) is 0 Å². The number of carbonyl (C=O) groups is 1. The summed E-state index contributed by atoms with van der Waals surface area (Å²) in [6.07, 6.45) is 1.32. The third-order valence-electron chi connectivity index (χ3n) is 2.76. The summed E-state index contributed by atoms with van der Waals surface area (Å²) in [5, 5.41) is 14.6. The number of benzene rings is 1. The van der Waals surface area contributed by atoms with Gasteiger partial charge in [-0.3, -0.25) is 4.79 Å². The van der Waals surface area contributed by atoms with E-state index in [-0.39, 0.29) is 11.6 Å². The standard InChI is InChI=1S/C15H15N5O2/c1-22-6-5-17-14-8-13(18-10-19-14)15(21)20-12-4-2-3-11(7-12)9-16/h2-4,7-8,10H,5-6H2,1H3,(H,20,21)(H,17,18,19). The van der Waals surface area contributed by atoms with E-state index in [0.29, 0.717) is 30.2 Å². The van der Waals surface area contributed by atoms with Crippen molar-refractivity contribution in [2.45, 2.75) is 0 Å². The third kappa shape index (κ3) is 4.26. The van der Waals surface area contributed by atoms with Crippen LogP contribution < -0.4 is 10.6 Å². The average Bonchev–Trinajstić information content (AvgIpc) is 2.55. The van der Waals surface area contributed by atoms with Gasteiger partial charge in [0.2, 0.25) is 0 Å². The number of hydrogen-bond acceptors (Lipinski definition) is 6. The van der Waals surface area contributed by atoms with Crippen LogP contribution in [-0.2, 0) is 4.74 Å². The number of rotatable bonds is 6. The van der Waals surface area contributed by atoms with Gasteiger partial charge >= 0.3 is 0 Å². The summed E-state index contributed by atoms with van der Waals surface area (Å²) in [5.74, 6) is 0.176. The number of methoxy groups -OCH3 is 1. The number of carbonyl (C=O) groups excluding carboxylic acids is 1. The predicted molar refractivity (Wildman–Crippen MR) is 81.5 cm³/mol. The van der Waals surface area contributed by atoms with E-state index < -0.39 is 0 Å². The number of amides is 1. The fraction of sp³-hybridized carbons (Fsp3) is 0.200. The van der Waals surface area contributed by atoms with E-state index in [9.17, 15) is 4.79 Å². The quantitative estimate of drug-likeness (QED) is 0.786. The molecule has 0 aliphatic rings. The first-order valence-electron chi connectivity index (χ1n) is 6.59. The highest BCUT2D eigenvalue weighted by Crippen LogP contribution is 2.12. The molecule has 2 aromatic rings. The first-order valence-corrected chi connectivity index (χ1v) is 6.59. The van der Waals surface area contributed by atoms with E-state index in [1.807, 2.05) is 6.07 Å². The maximum absolute atomic E-state index is 12.2. The summed E-state index contributed by atoms with van der Waals surface area (Å²) in [6, 6.07) is 10.2. The Morgan fingerprint density at radius 2 is 2.23 bits per heavy atom. The third-order valence-corrected chi connectivity index (χ3v) is 2.76. The molecule has 0 saturated carbocycles. The molecular formula is C15H15N5O2. The van der Waals surface area contributed by atoms with E-state index in [2.05, 4.69) is 20.6 Å². The normalized spacial score (nSPS) is 9.82. The van der Waals surface area contributed by atoms with Gasteiger partial charge in [-0.25, -0.2) is 9.97 Å². The van der Waals surface area contributed by atoms with Crippen molar-refractivity contribution in [1.82, 2.24) is 9.97 Å². The van der Waals surface area contributed by atoms with E-state index >= 15 is 0 Å². The predicted octanol–water partition coefficient (Wildman–Crippen LogP) is 1.66. The highest BCUT2D eigenvalue weighted by Gasteiger charge is 2.09. The van der Waals surface area contributed by atoms with Crippen LogP contribution in [0.2, 0.25) is 0 Å². The van der Waals surface area contributed by atoms with Crippen LogP contribution in [0.1, 0.15) is 16.1 Å². The number of anilines is 2. The monoisotopic (exact) mass is 297 g/mol. The molecule has 0 unspecified atom stereocenters. The van der Waals surface area contributed by atoms with Crippen molar-refractivity contribution in [3.8, 4) is 6.07 Å². The Morgan fingerprint density at radius 3 is 3.00 bits per heavy atom. The highest BCUT2D eigenvalue weighted by molar-refractivity contribution is 6.03. The molecule has 0 radical (unpaired) electrons. The van der Waals surface area contributed by atoms with E-state index in [1.165, 1.54) is 6.33 Å². The lowest BCUT2D eigenvalue weighted by Crippen LogP contribution is -2.15. The fourth-order valence-corrected chi connectivity index (χ4v) is 1.72. The minimum atomic E-state index is -0.368. The summed E-state index contributed by atoms with van der Waals surface area (Å²) >= 11 is 0. The molecule has 0 aliphatic heterocycles. The van der Waals surface area contributed by atoms with Crippen molar-refractivity contribution < 1.29 is 9.53 Å². The molecule has 2 rings (SSSR count). The minimum Gasteiger partial charge on any atom is -0.383 e. The lowest BCUT2D eigenvalue weighted by molar-refractivity contribution is 0.102.